The molecule has 0 amide bonds. The van der Waals surface area contributed by atoms with E-state index in [1.807, 2.05) is 6.08 Å². The normalized spacial score (nSPS) is 31.0. The fourth-order valence-electron chi connectivity index (χ4n) is 3.03. The Morgan fingerprint density at radius 2 is 2.05 bits per heavy atom. The number of hydrogen-bond acceptors (Lipinski definition) is 1. The summed E-state index contributed by atoms with van der Waals surface area (Å²) in [5.41, 5.74) is 0.890. The molecule has 0 N–H and O–H groups in total. The van der Waals surface area contributed by atoms with Gasteiger partial charge in [0.15, 0.2) is 0 Å². The predicted molar refractivity (Wildman–Crippen MR) is 72.8 cm³/mol. The van der Waals surface area contributed by atoms with E-state index < -0.39 is 6.11 Å². The molecule has 1 nitrogen and oxygen atoms in total. The molecule has 0 radical (unpaired) electrons. The van der Waals surface area contributed by atoms with E-state index >= 15 is 0 Å². The van der Waals surface area contributed by atoms with E-state index in [1.165, 1.54) is 44.8 Å². The van der Waals surface area contributed by atoms with Crippen molar-refractivity contribution in [3.8, 4) is 0 Å². The van der Waals surface area contributed by atoms with Crippen molar-refractivity contribution in [3.05, 3.63) is 24.0 Å². The number of allylic oxidation sites excluding steroid dienone is 3. The molecule has 1 aliphatic carbocycles. The molecule has 0 aromatic rings. The minimum Gasteiger partial charge on any atom is -0.440 e. The van der Waals surface area contributed by atoms with Crippen molar-refractivity contribution in [1.29, 1.82) is 0 Å². The van der Waals surface area contributed by atoms with Crippen LogP contribution in [0.4, 0.5) is 8.78 Å². The van der Waals surface area contributed by atoms with Gasteiger partial charge in [0.05, 0.1) is 12.7 Å². The second kappa shape index (κ2) is 6.53. The van der Waals surface area contributed by atoms with Crippen LogP contribution in [0.1, 0.15) is 58.3 Å². The van der Waals surface area contributed by atoms with Gasteiger partial charge in [-0.15, -0.1) is 0 Å². The average Bonchev–Trinajstić information content (AvgIpc) is 2.40. The van der Waals surface area contributed by atoms with E-state index in [1.54, 1.807) is 0 Å². The molecule has 2 rings (SSSR count). The summed E-state index contributed by atoms with van der Waals surface area (Å²) in [6.07, 6.45) is 10.4. The Labute approximate surface area is 114 Å². The average molecular weight is 270 g/mol. The Morgan fingerprint density at radius 3 is 2.63 bits per heavy atom. The van der Waals surface area contributed by atoms with Crippen molar-refractivity contribution in [2.45, 2.75) is 64.4 Å². The summed E-state index contributed by atoms with van der Waals surface area (Å²) in [6, 6.07) is 0. The van der Waals surface area contributed by atoms with Crippen LogP contribution in [0.3, 0.4) is 0 Å². The number of ether oxygens (including phenoxy) is 1. The third-order valence-corrected chi connectivity index (χ3v) is 4.26. The van der Waals surface area contributed by atoms with E-state index in [-0.39, 0.29) is 6.42 Å². The highest BCUT2D eigenvalue weighted by Crippen LogP contribution is 2.34. The summed E-state index contributed by atoms with van der Waals surface area (Å²) < 4.78 is 30.0. The second-order valence-corrected chi connectivity index (χ2v) is 5.88. The van der Waals surface area contributed by atoms with E-state index in [4.69, 9.17) is 0 Å². The Hall–Kier alpha value is -0.860. The molecule has 19 heavy (non-hydrogen) atoms. The van der Waals surface area contributed by atoms with Gasteiger partial charge in [0.2, 0.25) is 0 Å². The zero-order chi connectivity index (χ0) is 13.7. The molecule has 1 saturated carbocycles. The SMILES string of the molecule is CCCC1CCC(/C=C/C2=COC(F)(F)CC2)CC1. The monoisotopic (exact) mass is 270 g/mol. The second-order valence-electron chi connectivity index (χ2n) is 5.88. The van der Waals surface area contributed by atoms with Crippen molar-refractivity contribution in [1.82, 2.24) is 0 Å². The van der Waals surface area contributed by atoms with E-state index in [0.29, 0.717) is 12.3 Å². The summed E-state index contributed by atoms with van der Waals surface area (Å²) >= 11 is 0. The Kier molecular flexibility index (Phi) is 5.00. The molecule has 0 atom stereocenters. The van der Waals surface area contributed by atoms with Crippen LogP contribution in [0.15, 0.2) is 24.0 Å². The first kappa shape index (κ1) is 14.5. The van der Waals surface area contributed by atoms with Crippen LogP contribution in [-0.4, -0.2) is 6.11 Å². The largest absolute Gasteiger partial charge is 0.440 e. The first-order chi connectivity index (χ1) is 9.09. The first-order valence-electron chi connectivity index (χ1n) is 7.52. The number of halogens is 2. The van der Waals surface area contributed by atoms with Crippen LogP contribution in [0.2, 0.25) is 0 Å². The summed E-state index contributed by atoms with van der Waals surface area (Å²) in [4.78, 5) is 0. The summed E-state index contributed by atoms with van der Waals surface area (Å²) in [7, 11) is 0. The van der Waals surface area contributed by atoms with Gasteiger partial charge in [-0.3, -0.25) is 0 Å². The molecule has 1 aliphatic heterocycles. The first-order valence-corrected chi connectivity index (χ1v) is 7.52. The van der Waals surface area contributed by atoms with Crippen LogP contribution < -0.4 is 0 Å². The van der Waals surface area contributed by atoms with Crippen molar-refractivity contribution in [3.63, 3.8) is 0 Å². The quantitative estimate of drug-likeness (QED) is 0.661. The van der Waals surface area contributed by atoms with Gasteiger partial charge in [-0.05, 0) is 49.5 Å². The molecule has 3 heteroatoms. The van der Waals surface area contributed by atoms with Crippen molar-refractivity contribution in [2.75, 3.05) is 0 Å². The lowest BCUT2D eigenvalue weighted by Crippen LogP contribution is -2.21. The topological polar surface area (TPSA) is 9.23 Å². The highest BCUT2D eigenvalue weighted by atomic mass is 19.3. The van der Waals surface area contributed by atoms with E-state index in [0.717, 1.165) is 11.5 Å². The molecule has 0 saturated heterocycles. The molecular formula is C16H24F2O. The molecule has 0 aromatic carbocycles. The standard InChI is InChI=1S/C16H24F2O/c1-2-3-13-4-6-14(7-5-13)8-9-15-10-11-16(17,18)19-12-15/h8-9,12-14H,2-7,10-11H2,1H3/b9-8+. The Balaban J connectivity index is 1.76. The maximum atomic E-state index is 12.8. The van der Waals surface area contributed by atoms with Gasteiger partial charge >= 0.3 is 6.11 Å². The van der Waals surface area contributed by atoms with Gasteiger partial charge < -0.3 is 4.74 Å². The highest BCUT2D eigenvalue weighted by Gasteiger charge is 2.32. The molecule has 2 aliphatic rings. The molecule has 108 valence electrons. The number of alkyl halides is 2. The fourth-order valence-corrected chi connectivity index (χ4v) is 3.03. The zero-order valence-electron chi connectivity index (χ0n) is 11.7. The lowest BCUT2D eigenvalue weighted by molar-refractivity contribution is -0.214. The third kappa shape index (κ3) is 4.63. The van der Waals surface area contributed by atoms with Gasteiger partial charge in [0.1, 0.15) is 0 Å². The summed E-state index contributed by atoms with van der Waals surface area (Å²) in [5.74, 6) is 1.53. The lowest BCUT2D eigenvalue weighted by atomic mass is 9.80. The van der Waals surface area contributed by atoms with Gasteiger partial charge in [-0.25, -0.2) is 0 Å². The summed E-state index contributed by atoms with van der Waals surface area (Å²) in [5, 5.41) is 0. The van der Waals surface area contributed by atoms with E-state index in [2.05, 4.69) is 17.7 Å². The maximum absolute atomic E-state index is 12.8. The number of rotatable bonds is 4. The third-order valence-electron chi connectivity index (χ3n) is 4.26. The van der Waals surface area contributed by atoms with E-state index in [9.17, 15) is 8.78 Å². The van der Waals surface area contributed by atoms with Crippen molar-refractivity contribution in [2.24, 2.45) is 11.8 Å². The molecule has 0 unspecified atom stereocenters. The summed E-state index contributed by atoms with van der Waals surface area (Å²) in [6.45, 7) is 2.25. The van der Waals surface area contributed by atoms with Crippen LogP contribution in [0.25, 0.3) is 0 Å². The van der Waals surface area contributed by atoms with Crippen molar-refractivity contribution >= 4 is 0 Å². The minimum atomic E-state index is -2.96. The zero-order valence-corrected chi connectivity index (χ0v) is 11.7. The molecule has 1 fully saturated rings. The lowest BCUT2D eigenvalue weighted by Gasteiger charge is -2.26. The van der Waals surface area contributed by atoms with Gasteiger partial charge in [0, 0.05) is 0 Å². The Bertz CT molecular complexity index is 339. The van der Waals surface area contributed by atoms with Crippen LogP contribution >= 0.6 is 0 Å². The van der Waals surface area contributed by atoms with Crippen LogP contribution in [-0.2, 0) is 4.74 Å². The predicted octanol–water partition coefficient (Wildman–Crippen LogP) is 5.44. The molecule has 0 aromatic heterocycles. The number of hydrogen-bond donors (Lipinski definition) is 0. The molecule has 0 bridgehead atoms. The van der Waals surface area contributed by atoms with Crippen LogP contribution in [0.5, 0.6) is 0 Å². The maximum Gasteiger partial charge on any atom is 0.397 e. The molecular weight excluding hydrogens is 246 g/mol. The fraction of sp³-hybridized carbons (Fsp3) is 0.750. The smallest absolute Gasteiger partial charge is 0.397 e. The highest BCUT2D eigenvalue weighted by molar-refractivity contribution is 5.19. The van der Waals surface area contributed by atoms with Crippen molar-refractivity contribution < 1.29 is 13.5 Å². The minimum absolute atomic E-state index is 0.202. The van der Waals surface area contributed by atoms with Gasteiger partial charge in [0.25, 0.3) is 0 Å². The molecule has 1 heterocycles. The van der Waals surface area contributed by atoms with Gasteiger partial charge in [-0.2, -0.15) is 8.78 Å². The van der Waals surface area contributed by atoms with Crippen LogP contribution in [0, 0.1) is 11.8 Å². The molecule has 0 spiro atoms. The van der Waals surface area contributed by atoms with Gasteiger partial charge in [-0.1, -0.05) is 31.9 Å². The Morgan fingerprint density at radius 1 is 1.32 bits per heavy atom.